The Morgan fingerprint density at radius 3 is 2.30 bits per heavy atom. The highest BCUT2D eigenvalue weighted by molar-refractivity contribution is 5.95. The Morgan fingerprint density at radius 1 is 0.933 bits per heavy atom. The lowest BCUT2D eigenvalue weighted by molar-refractivity contribution is -0.136. The van der Waals surface area contributed by atoms with E-state index in [0.717, 1.165) is 50.3 Å². The van der Waals surface area contributed by atoms with Crippen LogP contribution in [0.5, 0.6) is 0 Å². The van der Waals surface area contributed by atoms with E-state index in [4.69, 9.17) is 4.74 Å². The van der Waals surface area contributed by atoms with Crippen LogP contribution in [-0.2, 0) is 17.8 Å². The molecule has 7 heteroatoms. The Hall–Kier alpha value is -2.93. The van der Waals surface area contributed by atoms with Crippen LogP contribution in [0.4, 0.5) is 14.9 Å². The number of urea groups is 1. The summed E-state index contributed by atoms with van der Waals surface area (Å²) in [5, 5.41) is 2.86. The average Bonchev–Trinajstić information content (AvgIpc) is 3.16. The monoisotopic (exact) mass is 409 g/mol. The Morgan fingerprint density at radius 2 is 1.63 bits per heavy atom. The molecule has 5 rings (SSSR count). The summed E-state index contributed by atoms with van der Waals surface area (Å²) < 4.78 is 18.7. The minimum atomic E-state index is -0.291. The van der Waals surface area contributed by atoms with E-state index in [-0.39, 0.29) is 17.8 Å². The smallest absolute Gasteiger partial charge is 0.322 e. The van der Waals surface area contributed by atoms with E-state index in [0.29, 0.717) is 29.8 Å². The zero-order chi connectivity index (χ0) is 20.7. The van der Waals surface area contributed by atoms with Crippen LogP contribution in [0.25, 0.3) is 0 Å². The van der Waals surface area contributed by atoms with Gasteiger partial charge < -0.3 is 19.9 Å². The molecule has 2 aromatic carbocycles. The van der Waals surface area contributed by atoms with Gasteiger partial charge in [0.2, 0.25) is 0 Å². The Kier molecular flexibility index (Phi) is 4.70. The highest BCUT2D eigenvalue weighted by Crippen LogP contribution is 2.38. The van der Waals surface area contributed by atoms with E-state index < -0.39 is 0 Å². The molecule has 0 saturated carbocycles. The van der Waals surface area contributed by atoms with E-state index in [2.05, 4.69) is 5.32 Å². The van der Waals surface area contributed by atoms with Crippen LogP contribution in [0.15, 0.2) is 42.5 Å². The Balaban J connectivity index is 1.17. The summed E-state index contributed by atoms with van der Waals surface area (Å²) in [6.45, 7) is 4.00. The number of rotatable bonds is 2. The number of likely N-dealkylation sites (tertiary alicyclic amines) is 1. The van der Waals surface area contributed by atoms with Crippen LogP contribution in [-0.4, -0.2) is 48.0 Å². The highest BCUT2D eigenvalue weighted by Gasteiger charge is 2.42. The van der Waals surface area contributed by atoms with Crippen LogP contribution in [0, 0.1) is 11.2 Å². The van der Waals surface area contributed by atoms with Gasteiger partial charge in [0.1, 0.15) is 5.82 Å². The standard InChI is InChI=1S/C23H24FN3O3/c24-19-4-1-17-12-27(13-18(17)11-19)22(29)25-20-5-2-16(3-6-20)21(28)26-9-7-23(8-10-26)14-30-15-23/h1-6,11H,7-10,12-15H2,(H,25,29). The number of nitrogens with one attached hydrogen (secondary N) is 1. The van der Waals surface area contributed by atoms with Gasteiger partial charge in [-0.2, -0.15) is 0 Å². The van der Waals surface area contributed by atoms with E-state index in [1.165, 1.54) is 12.1 Å². The van der Waals surface area contributed by atoms with Crippen molar-refractivity contribution in [3.63, 3.8) is 0 Å². The molecular formula is C23H24FN3O3. The molecule has 3 aliphatic rings. The number of hydrogen-bond acceptors (Lipinski definition) is 3. The third kappa shape index (κ3) is 3.54. The van der Waals surface area contributed by atoms with Gasteiger partial charge in [0.25, 0.3) is 5.91 Å². The van der Waals surface area contributed by atoms with E-state index >= 15 is 0 Å². The first kappa shape index (κ1) is 19.1. The van der Waals surface area contributed by atoms with E-state index in [9.17, 15) is 14.0 Å². The van der Waals surface area contributed by atoms with Crippen LogP contribution < -0.4 is 5.32 Å². The number of halogens is 1. The van der Waals surface area contributed by atoms with Gasteiger partial charge in [0, 0.05) is 42.8 Å². The van der Waals surface area contributed by atoms with E-state index in [1.807, 2.05) is 4.90 Å². The average molecular weight is 409 g/mol. The van der Waals surface area contributed by atoms with Crippen LogP contribution >= 0.6 is 0 Å². The van der Waals surface area contributed by atoms with Crippen molar-refractivity contribution in [2.45, 2.75) is 25.9 Å². The quantitative estimate of drug-likeness (QED) is 0.824. The summed E-state index contributed by atoms with van der Waals surface area (Å²) in [6, 6.07) is 11.4. The molecule has 0 atom stereocenters. The lowest BCUT2D eigenvalue weighted by Gasteiger charge is -2.47. The summed E-state index contributed by atoms with van der Waals surface area (Å²) in [5.74, 6) is -0.263. The summed E-state index contributed by atoms with van der Waals surface area (Å²) in [4.78, 5) is 28.9. The number of nitrogens with zero attached hydrogens (tertiary/aromatic N) is 2. The SMILES string of the molecule is O=C(Nc1ccc(C(=O)N2CCC3(CC2)COC3)cc1)N1Cc2ccc(F)cc2C1. The maximum Gasteiger partial charge on any atom is 0.322 e. The van der Waals surface area contributed by atoms with Crippen molar-refractivity contribution in [3.8, 4) is 0 Å². The van der Waals surface area contributed by atoms with Crippen LogP contribution in [0.3, 0.4) is 0 Å². The van der Waals surface area contributed by atoms with Crippen molar-refractivity contribution in [1.29, 1.82) is 0 Å². The van der Waals surface area contributed by atoms with Crippen LogP contribution in [0.2, 0.25) is 0 Å². The summed E-state index contributed by atoms with van der Waals surface area (Å²) >= 11 is 0. The minimum absolute atomic E-state index is 0.0278. The number of anilines is 1. The van der Waals surface area contributed by atoms with Crippen molar-refractivity contribution >= 4 is 17.6 Å². The van der Waals surface area contributed by atoms with Crippen molar-refractivity contribution in [3.05, 3.63) is 65.0 Å². The molecule has 0 aliphatic carbocycles. The van der Waals surface area contributed by atoms with Crippen molar-refractivity contribution in [1.82, 2.24) is 9.80 Å². The number of hydrogen-bond donors (Lipinski definition) is 1. The molecule has 1 spiro atoms. The molecule has 0 aromatic heterocycles. The van der Waals surface area contributed by atoms with Gasteiger partial charge in [-0.25, -0.2) is 9.18 Å². The Labute approximate surface area is 174 Å². The second-order valence-corrected chi connectivity index (χ2v) is 8.56. The molecular weight excluding hydrogens is 385 g/mol. The molecule has 0 radical (unpaired) electrons. The fourth-order valence-electron chi connectivity index (χ4n) is 4.45. The van der Waals surface area contributed by atoms with Crippen molar-refractivity contribution < 1.29 is 18.7 Å². The third-order valence-electron chi connectivity index (χ3n) is 6.49. The second-order valence-electron chi connectivity index (χ2n) is 8.56. The molecule has 2 fully saturated rings. The predicted octanol–water partition coefficient (Wildman–Crippen LogP) is 3.63. The normalized spacial score (nSPS) is 19.4. The number of ether oxygens (including phenoxy) is 1. The third-order valence-corrected chi connectivity index (χ3v) is 6.49. The van der Waals surface area contributed by atoms with Gasteiger partial charge in [0.15, 0.2) is 0 Å². The van der Waals surface area contributed by atoms with Crippen molar-refractivity contribution in [2.24, 2.45) is 5.41 Å². The van der Waals surface area contributed by atoms with Gasteiger partial charge in [-0.3, -0.25) is 4.79 Å². The maximum absolute atomic E-state index is 13.4. The molecule has 3 amide bonds. The molecule has 0 bridgehead atoms. The largest absolute Gasteiger partial charge is 0.380 e. The molecule has 6 nitrogen and oxygen atoms in total. The molecule has 3 aliphatic heterocycles. The number of carbonyl (C=O) groups excluding carboxylic acids is 2. The van der Waals surface area contributed by atoms with Gasteiger partial charge in [-0.05, 0) is 60.4 Å². The first-order valence-electron chi connectivity index (χ1n) is 10.3. The number of benzene rings is 2. The molecule has 1 N–H and O–H groups in total. The second kappa shape index (κ2) is 7.40. The summed E-state index contributed by atoms with van der Waals surface area (Å²) in [5.41, 5.74) is 3.35. The first-order chi connectivity index (χ1) is 14.5. The summed E-state index contributed by atoms with van der Waals surface area (Å²) in [7, 11) is 0. The van der Waals surface area contributed by atoms with Gasteiger partial charge in [-0.15, -0.1) is 0 Å². The molecule has 30 heavy (non-hydrogen) atoms. The van der Waals surface area contributed by atoms with Crippen LogP contribution in [0.1, 0.15) is 34.3 Å². The topological polar surface area (TPSA) is 61.9 Å². The minimum Gasteiger partial charge on any atom is -0.380 e. The van der Waals surface area contributed by atoms with Gasteiger partial charge >= 0.3 is 6.03 Å². The molecule has 2 saturated heterocycles. The maximum atomic E-state index is 13.4. The molecule has 3 heterocycles. The first-order valence-corrected chi connectivity index (χ1v) is 10.3. The number of piperidine rings is 1. The fourth-order valence-corrected chi connectivity index (χ4v) is 4.45. The van der Waals surface area contributed by atoms with Gasteiger partial charge in [0.05, 0.1) is 13.2 Å². The summed E-state index contributed by atoms with van der Waals surface area (Å²) in [6.07, 6.45) is 1.99. The lowest BCUT2D eigenvalue weighted by Crippen LogP contribution is -2.52. The number of fused-ring (bicyclic) bond motifs is 1. The predicted molar refractivity (Wildman–Crippen MR) is 109 cm³/mol. The lowest BCUT2D eigenvalue weighted by atomic mass is 9.77. The zero-order valence-electron chi connectivity index (χ0n) is 16.7. The molecule has 2 aromatic rings. The molecule has 156 valence electrons. The fraction of sp³-hybridized carbons (Fsp3) is 0.391. The van der Waals surface area contributed by atoms with E-state index in [1.54, 1.807) is 35.2 Å². The molecule has 0 unspecified atom stereocenters. The zero-order valence-corrected chi connectivity index (χ0v) is 16.7. The van der Waals surface area contributed by atoms with Crippen molar-refractivity contribution in [2.75, 3.05) is 31.6 Å². The Bertz CT molecular complexity index is 978. The highest BCUT2D eigenvalue weighted by atomic mass is 19.1. The number of carbonyl (C=O) groups is 2. The van der Waals surface area contributed by atoms with Gasteiger partial charge in [-0.1, -0.05) is 6.07 Å². The number of amides is 3.